The zero-order valence-electron chi connectivity index (χ0n) is 15.7. The van der Waals surface area contributed by atoms with E-state index in [-0.39, 0.29) is 23.3 Å². The Labute approximate surface area is 149 Å². The highest BCUT2D eigenvalue weighted by atomic mass is 16.2. The van der Waals surface area contributed by atoms with E-state index in [1.165, 1.54) is 24.1 Å². The van der Waals surface area contributed by atoms with E-state index in [1.54, 1.807) is 0 Å². The first-order valence-electron chi connectivity index (χ1n) is 9.44. The summed E-state index contributed by atoms with van der Waals surface area (Å²) < 4.78 is 0. The van der Waals surface area contributed by atoms with E-state index in [2.05, 4.69) is 36.3 Å². The van der Waals surface area contributed by atoms with E-state index in [9.17, 15) is 9.59 Å². The van der Waals surface area contributed by atoms with Gasteiger partial charge in [0.2, 0.25) is 11.8 Å². The SMILES string of the molecule is CC(C)(C)CN1C[C@@H](NC(=O)CCc2n[nH]c3c2CCCC3)CC1=O. The lowest BCUT2D eigenvalue weighted by molar-refractivity contribution is -0.128. The zero-order chi connectivity index (χ0) is 18.0. The molecule has 1 fully saturated rings. The molecule has 2 amide bonds. The summed E-state index contributed by atoms with van der Waals surface area (Å²) in [5.74, 6) is 0.157. The van der Waals surface area contributed by atoms with Crippen molar-refractivity contribution >= 4 is 11.8 Å². The van der Waals surface area contributed by atoms with E-state index in [4.69, 9.17) is 0 Å². The second kappa shape index (κ2) is 7.18. The molecular formula is C19H30N4O2. The van der Waals surface area contributed by atoms with Crippen LogP contribution in [0.5, 0.6) is 0 Å². The Morgan fingerprint density at radius 3 is 2.84 bits per heavy atom. The minimum absolute atomic E-state index is 0.0166. The first-order valence-corrected chi connectivity index (χ1v) is 9.44. The van der Waals surface area contributed by atoms with Crippen LogP contribution in [0.1, 0.15) is 63.4 Å². The molecule has 6 nitrogen and oxygen atoms in total. The van der Waals surface area contributed by atoms with Crippen LogP contribution in [0.3, 0.4) is 0 Å². The van der Waals surface area contributed by atoms with Gasteiger partial charge in [0, 0.05) is 38.0 Å². The number of carbonyl (C=O) groups excluding carboxylic acids is 2. The summed E-state index contributed by atoms with van der Waals surface area (Å²) in [4.78, 5) is 26.3. The summed E-state index contributed by atoms with van der Waals surface area (Å²) in [5, 5.41) is 10.6. The van der Waals surface area contributed by atoms with Gasteiger partial charge in [0.05, 0.1) is 11.7 Å². The Bertz CT molecular complexity index is 644. The van der Waals surface area contributed by atoms with Gasteiger partial charge in [-0.15, -0.1) is 0 Å². The van der Waals surface area contributed by atoms with Gasteiger partial charge in [0.25, 0.3) is 0 Å². The summed E-state index contributed by atoms with van der Waals surface area (Å²) in [7, 11) is 0. The highest BCUT2D eigenvalue weighted by Crippen LogP contribution is 2.23. The molecule has 0 bridgehead atoms. The molecule has 0 saturated carbocycles. The molecule has 1 aliphatic carbocycles. The molecule has 3 rings (SSSR count). The van der Waals surface area contributed by atoms with Gasteiger partial charge in [-0.3, -0.25) is 14.7 Å². The fraction of sp³-hybridized carbons (Fsp3) is 0.737. The molecule has 0 radical (unpaired) electrons. The van der Waals surface area contributed by atoms with Crippen LogP contribution < -0.4 is 5.32 Å². The number of fused-ring (bicyclic) bond motifs is 1. The molecule has 1 atom stereocenters. The molecule has 2 aliphatic rings. The topological polar surface area (TPSA) is 78.1 Å². The van der Waals surface area contributed by atoms with Gasteiger partial charge in [0.15, 0.2) is 0 Å². The number of hydrogen-bond donors (Lipinski definition) is 2. The van der Waals surface area contributed by atoms with Gasteiger partial charge in [-0.1, -0.05) is 20.8 Å². The molecule has 2 N–H and O–H groups in total. The summed E-state index contributed by atoms with van der Waals surface area (Å²) in [5.41, 5.74) is 3.70. The van der Waals surface area contributed by atoms with Gasteiger partial charge in [-0.05, 0) is 36.7 Å². The summed E-state index contributed by atoms with van der Waals surface area (Å²) in [6.45, 7) is 7.72. The fourth-order valence-electron chi connectivity index (χ4n) is 3.88. The molecule has 138 valence electrons. The van der Waals surface area contributed by atoms with E-state index in [0.717, 1.165) is 25.1 Å². The van der Waals surface area contributed by atoms with Gasteiger partial charge < -0.3 is 10.2 Å². The summed E-state index contributed by atoms with van der Waals surface area (Å²) in [6.07, 6.45) is 6.09. The molecular weight excluding hydrogens is 316 g/mol. The highest BCUT2D eigenvalue weighted by Gasteiger charge is 2.32. The van der Waals surface area contributed by atoms with Crippen LogP contribution in [-0.2, 0) is 28.9 Å². The van der Waals surface area contributed by atoms with E-state index in [1.807, 2.05) is 4.90 Å². The number of aromatic nitrogens is 2. The number of nitrogens with zero attached hydrogens (tertiary/aromatic N) is 2. The maximum atomic E-state index is 12.3. The predicted molar refractivity (Wildman–Crippen MR) is 96.1 cm³/mol. The largest absolute Gasteiger partial charge is 0.351 e. The van der Waals surface area contributed by atoms with E-state index >= 15 is 0 Å². The summed E-state index contributed by atoms with van der Waals surface area (Å²) in [6, 6.07) is -0.0598. The second-order valence-electron chi connectivity index (χ2n) is 8.64. The minimum Gasteiger partial charge on any atom is -0.351 e. The third-order valence-electron chi connectivity index (χ3n) is 4.98. The molecule has 2 heterocycles. The highest BCUT2D eigenvalue weighted by molar-refractivity contribution is 5.82. The van der Waals surface area contributed by atoms with Crippen LogP contribution in [0.4, 0.5) is 0 Å². The average molecular weight is 346 g/mol. The Kier molecular flexibility index (Phi) is 5.16. The summed E-state index contributed by atoms with van der Waals surface area (Å²) >= 11 is 0. The molecule has 1 aromatic heterocycles. The van der Waals surface area contributed by atoms with Crippen molar-refractivity contribution in [3.8, 4) is 0 Å². The molecule has 0 spiro atoms. The average Bonchev–Trinajstić information content (AvgIpc) is 3.08. The van der Waals surface area contributed by atoms with E-state index < -0.39 is 0 Å². The molecule has 1 saturated heterocycles. The van der Waals surface area contributed by atoms with Crippen molar-refractivity contribution < 1.29 is 9.59 Å². The van der Waals surface area contributed by atoms with Crippen molar-refractivity contribution in [3.63, 3.8) is 0 Å². The molecule has 0 unspecified atom stereocenters. The maximum absolute atomic E-state index is 12.3. The standard InChI is InChI=1S/C19H30N4O2/c1-19(2,3)12-23-11-13(10-18(23)25)20-17(24)9-8-16-14-6-4-5-7-15(14)21-22-16/h13H,4-12H2,1-3H3,(H,20,24)(H,21,22)/t13-/m0/s1. The quantitative estimate of drug-likeness (QED) is 0.856. The first-order chi connectivity index (χ1) is 11.8. The Morgan fingerprint density at radius 2 is 2.08 bits per heavy atom. The van der Waals surface area contributed by atoms with Crippen molar-refractivity contribution in [1.82, 2.24) is 20.4 Å². The number of H-pyrrole nitrogens is 1. The normalized spacial score (nSPS) is 20.7. The molecule has 25 heavy (non-hydrogen) atoms. The predicted octanol–water partition coefficient (Wildman–Crippen LogP) is 1.98. The lowest BCUT2D eigenvalue weighted by atomic mass is 9.94. The number of amides is 2. The number of aromatic amines is 1. The van der Waals surface area contributed by atoms with Crippen LogP contribution in [0.15, 0.2) is 0 Å². The molecule has 6 heteroatoms. The number of carbonyl (C=O) groups is 2. The number of rotatable bonds is 5. The number of hydrogen-bond acceptors (Lipinski definition) is 3. The van der Waals surface area contributed by atoms with Gasteiger partial charge >= 0.3 is 0 Å². The smallest absolute Gasteiger partial charge is 0.224 e. The van der Waals surface area contributed by atoms with Gasteiger partial charge in [-0.25, -0.2) is 0 Å². The van der Waals surface area contributed by atoms with Crippen molar-refractivity contribution in [3.05, 3.63) is 17.0 Å². The first kappa shape index (κ1) is 18.0. The maximum Gasteiger partial charge on any atom is 0.224 e. The van der Waals surface area contributed by atoms with Crippen molar-refractivity contribution in [2.75, 3.05) is 13.1 Å². The lowest BCUT2D eigenvalue weighted by Gasteiger charge is -2.26. The molecule has 1 aliphatic heterocycles. The van der Waals surface area contributed by atoms with Crippen LogP contribution in [0, 0.1) is 5.41 Å². The molecule has 1 aromatic rings. The van der Waals surface area contributed by atoms with E-state index in [0.29, 0.717) is 25.8 Å². The third-order valence-corrected chi connectivity index (χ3v) is 4.98. The zero-order valence-corrected chi connectivity index (χ0v) is 15.7. The Morgan fingerprint density at radius 1 is 1.32 bits per heavy atom. The fourth-order valence-corrected chi connectivity index (χ4v) is 3.88. The Balaban J connectivity index is 1.47. The minimum atomic E-state index is -0.0598. The molecule has 0 aromatic carbocycles. The van der Waals surface area contributed by atoms with Crippen LogP contribution in [-0.4, -0.2) is 46.0 Å². The third kappa shape index (κ3) is 4.61. The van der Waals surface area contributed by atoms with Crippen LogP contribution >= 0.6 is 0 Å². The van der Waals surface area contributed by atoms with Crippen LogP contribution in [0.2, 0.25) is 0 Å². The van der Waals surface area contributed by atoms with Crippen LogP contribution in [0.25, 0.3) is 0 Å². The lowest BCUT2D eigenvalue weighted by Crippen LogP contribution is -2.39. The Hall–Kier alpha value is -1.85. The monoisotopic (exact) mass is 346 g/mol. The van der Waals surface area contributed by atoms with Crippen molar-refractivity contribution in [2.24, 2.45) is 5.41 Å². The number of aryl methyl sites for hydroxylation is 2. The van der Waals surface area contributed by atoms with Gasteiger partial charge in [0.1, 0.15) is 0 Å². The number of likely N-dealkylation sites (tertiary alicyclic amines) is 1. The van der Waals surface area contributed by atoms with Gasteiger partial charge in [-0.2, -0.15) is 5.10 Å². The van der Waals surface area contributed by atoms with Crippen molar-refractivity contribution in [1.29, 1.82) is 0 Å². The van der Waals surface area contributed by atoms with Crippen molar-refractivity contribution in [2.45, 2.75) is 71.8 Å². The number of nitrogens with one attached hydrogen (secondary N) is 2. The second-order valence-corrected chi connectivity index (χ2v) is 8.64.